The molecule has 5 nitrogen and oxygen atoms in total. The van der Waals surface area contributed by atoms with Crippen molar-refractivity contribution in [2.75, 3.05) is 5.75 Å². The van der Waals surface area contributed by atoms with E-state index in [1.807, 2.05) is 31.2 Å². The molecule has 1 aliphatic rings. The minimum Gasteiger partial charge on any atom is -0.436 e. The molecule has 3 heterocycles. The highest BCUT2D eigenvalue weighted by Gasteiger charge is 2.27. The number of hydrogen-bond acceptors (Lipinski definition) is 6. The van der Waals surface area contributed by atoms with E-state index in [2.05, 4.69) is 11.9 Å². The van der Waals surface area contributed by atoms with Gasteiger partial charge in [0.2, 0.25) is 5.88 Å². The number of aliphatic hydroxyl groups excluding tert-OH is 1. The fourth-order valence-electron chi connectivity index (χ4n) is 3.25. The molecule has 0 saturated heterocycles. The summed E-state index contributed by atoms with van der Waals surface area (Å²) < 4.78 is 6.22. The maximum atomic E-state index is 9.75. The first-order valence-electron chi connectivity index (χ1n) is 9.66. The second-order valence-electron chi connectivity index (χ2n) is 6.96. The van der Waals surface area contributed by atoms with Gasteiger partial charge in [0.05, 0.1) is 17.9 Å². The lowest BCUT2D eigenvalue weighted by Crippen LogP contribution is -2.13. The molecule has 1 N–H and O–H groups in total. The van der Waals surface area contributed by atoms with Crippen LogP contribution in [0.1, 0.15) is 42.1 Å². The summed E-state index contributed by atoms with van der Waals surface area (Å²) in [4.78, 5) is 13.9. The zero-order chi connectivity index (χ0) is 20.4. The lowest BCUT2D eigenvalue weighted by molar-refractivity contribution is 0.278. The van der Waals surface area contributed by atoms with Crippen LogP contribution in [0.4, 0.5) is 0 Å². The van der Waals surface area contributed by atoms with Crippen LogP contribution in [0.15, 0.2) is 35.5 Å². The number of thioether (sulfide) groups is 1. The Balaban J connectivity index is 1.81. The number of benzene rings is 1. The summed E-state index contributed by atoms with van der Waals surface area (Å²) in [5, 5.41) is 11.3. The first-order chi connectivity index (χ1) is 14.1. The molecule has 1 aromatic carbocycles. The molecule has 0 amide bonds. The van der Waals surface area contributed by atoms with E-state index in [1.165, 1.54) is 0 Å². The predicted octanol–water partition coefficient (Wildman–Crippen LogP) is 5.58. The van der Waals surface area contributed by atoms with Crippen LogP contribution in [0, 0.1) is 6.92 Å². The number of aromatic nitrogens is 3. The van der Waals surface area contributed by atoms with E-state index in [1.54, 1.807) is 18.0 Å². The van der Waals surface area contributed by atoms with Crippen LogP contribution in [0.5, 0.6) is 11.6 Å². The zero-order valence-electron chi connectivity index (χ0n) is 16.4. The third kappa shape index (κ3) is 4.10. The van der Waals surface area contributed by atoms with Gasteiger partial charge in [-0.3, -0.25) is 4.98 Å². The summed E-state index contributed by atoms with van der Waals surface area (Å²) in [6.07, 6.45) is 4.58. The van der Waals surface area contributed by atoms with E-state index < -0.39 is 0 Å². The third-order valence-electron chi connectivity index (χ3n) is 4.90. The van der Waals surface area contributed by atoms with Crippen molar-refractivity contribution < 1.29 is 9.84 Å². The Morgan fingerprint density at radius 1 is 1.17 bits per heavy atom. The van der Waals surface area contributed by atoms with Gasteiger partial charge in [-0.2, -0.15) is 4.98 Å². The van der Waals surface area contributed by atoms with Crippen molar-refractivity contribution in [3.8, 4) is 23.0 Å². The van der Waals surface area contributed by atoms with Crippen molar-refractivity contribution in [1.29, 1.82) is 0 Å². The van der Waals surface area contributed by atoms with E-state index >= 15 is 0 Å². The van der Waals surface area contributed by atoms with Crippen molar-refractivity contribution in [2.45, 2.75) is 44.7 Å². The Bertz CT molecular complexity index is 1040. The summed E-state index contributed by atoms with van der Waals surface area (Å²) in [5.74, 6) is 2.85. The lowest BCUT2D eigenvalue weighted by atomic mass is 9.99. The summed E-state index contributed by atoms with van der Waals surface area (Å²) in [6, 6.07) is 7.50. The topological polar surface area (TPSA) is 68.1 Å². The molecule has 0 fully saturated rings. The van der Waals surface area contributed by atoms with Gasteiger partial charge in [0.1, 0.15) is 5.03 Å². The number of halogens is 1. The first-order valence-corrected chi connectivity index (χ1v) is 11.0. The highest BCUT2D eigenvalue weighted by atomic mass is 35.5. The average Bonchev–Trinajstić information content (AvgIpc) is 2.74. The fourth-order valence-corrected chi connectivity index (χ4v) is 4.49. The Kier molecular flexibility index (Phi) is 6.04. The molecule has 2 aromatic heterocycles. The van der Waals surface area contributed by atoms with Gasteiger partial charge in [-0.15, -0.1) is 11.8 Å². The number of aryl methyl sites for hydroxylation is 1. The summed E-state index contributed by atoms with van der Waals surface area (Å²) >= 11 is 7.76. The van der Waals surface area contributed by atoms with Crippen molar-refractivity contribution in [3.63, 3.8) is 0 Å². The molecule has 4 rings (SSSR count). The van der Waals surface area contributed by atoms with Gasteiger partial charge in [-0.1, -0.05) is 24.9 Å². The lowest BCUT2D eigenvalue weighted by Gasteiger charge is -2.24. The van der Waals surface area contributed by atoms with E-state index in [4.69, 9.17) is 26.3 Å². The monoisotopic (exact) mass is 427 g/mol. The number of aliphatic hydroxyl groups is 1. The maximum Gasteiger partial charge on any atom is 0.227 e. The van der Waals surface area contributed by atoms with Crippen LogP contribution in [-0.4, -0.2) is 25.8 Å². The molecular weight excluding hydrogens is 406 g/mol. The minimum atomic E-state index is -0.0731. The SMILES string of the molecule is CCCCSc1nc(-c2ccc(Cl)cc2)nc2c1Cc1c(CO)cnc(C)c1O2. The van der Waals surface area contributed by atoms with Gasteiger partial charge >= 0.3 is 0 Å². The first kappa shape index (κ1) is 20.1. The van der Waals surface area contributed by atoms with E-state index in [9.17, 15) is 5.11 Å². The molecule has 0 unspecified atom stereocenters. The molecule has 150 valence electrons. The molecule has 0 spiro atoms. The summed E-state index contributed by atoms with van der Waals surface area (Å²) in [5.41, 5.74) is 4.39. The smallest absolute Gasteiger partial charge is 0.227 e. The van der Waals surface area contributed by atoms with Gasteiger partial charge in [-0.25, -0.2) is 4.98 Å². The molecule has 0 atom stereocenters. The van der Waals surface area contributed by atoms with Crippen molar-refractivity contribution >= 4 is 23.4 Å². The maximum absolute atomic E-state index is 9.75. The third-order valence-corrected chi connectivity index (χ3v) is 6.25. The van der Waals surface area contributed by atoms with E-state index in [-0.39, 0.29) is 6.61 Å². The fraction of sp³-hybridized carbons (Fsp3) is 0.318. The number of rotatable bonds is 6. The highest BCUT2D eigenvalue weighted by Crippen LogP contribution is 2.42. The van der Waals surface area contributed by atoms with Gasteiger partial charge in [-0.05, 0) is 43.4 Å². The number of hydrogen-bond donors (Lipinski definition) is 1. The van der Waals surface area contributed by atoms with Crippen molar-refractivity contribution in [1.82, 2.24) is 15.0 Å². The molecule has 1 aliphatic heterocycles. The van der Waals surface area contributed by atoms with Crippen LogP contribution in [0.3, 0.4) is 0 Å². The Hall–Kier alpha value is -2.15. The Labute approximate surface area is 179 Å². The molecule has 3 aromatic rings. The average molecular weight is 428 g/mol. The quantitative estimate of drug-likeness (QED) is 0.246. The molecule has 0 aliphatic carbocycles. The van der Waals surface area contributed by atoms with Gasteiger partial charge in [0.25, 0.3) is 0 Å². The number of pyridine rings is 1. The number of unbranched alkanes of at least 4 members (excludes halogenated alkanes) is 1. The molecular formula is C22H22ClN3O2S. The number of ether oxygens (including phenoxy) is 1. The molecule has 0 radical (unpaired) electrons. The Morgan fingerprint density at radius 3 is 2.69 bits per heavy atom. The standard InChI is InChI=1S/C22H22ClN3O2S/c1-3-4-9-29-22-18-10-17-15(12-27)11-24-13(2)19(17)28-21(18)25-20(26-22)14-5-7-16(23)8-6-14/h5-8,11,27H,3-4,9-10,12H2,1-2H3. The second kappa shape index (κ2) is 8.69. The molecule has 7 heteroatoms. The van der Waals surface area contributed by atoms with Crippen molar-refractivity contribution in [2.24, 2.45) is 0 Å². The van der Waals surface area contributed by atoms with Gasteiger partial charge in [0, 0.05) is 34.3 Å². The molecule has 0 saturated carbocycles. The van der Waals surface area contributed by atoms with E-state index in [0.29, 0.717) is 28.9 Å². The van der Waals surface area contributed by atoms with Gasteiger partial charge < -0.3 is 9.84 Å². The normalized spacial score (nSPS) is 12.3. The van der Waals surface area contributed by atoms with Crippen LogP contribution < -0.4 is 4.74 Å². The predicted molar refractivity (Wildman–Crippen MR) is 116 cm³/mol. The summed E-state index contributed by atoms with van der Waals surface area (Å²) in [6.45, 7) is 4.01. The molecule has 0 bridgehead atoms. The zero-order valence-corrected chi connectivity index (χ0v) is 18.0. The minimum absolute atomic E-state index is 0.0731. The van der Waals surface area contributed by atoms with Crippen LogP contribution in [0.2, 0.25) is 5.02 Å². The van der Waals surface area contributed by atoms with Crippen LogP contribution in [-0.2, 0) is 13.0 Å². The van der Waals surface area contributed by atoms with Crippen LogP contribution >= 0.6 is 23.4 Å². The largest absolute Gasteiger partial charge is 0.436 e. The number of nitrogens with zero attached hydrogens (tertiary/aromatic N) is 3. The van der Waals surface area contributed by atoms with Crippen LogP contribution in [0.25, 0.3) is 11.4 Å². The van der Waals surface area contributed by atoms with E-state index in [0.717, 1.165) is 51.6 Å². The van der Waals surface area contributed by atoms with Crippen molar-refractivity contribution in [3.05, 3.63) is 57.9 Å². The summed E-state index contributed by atoms with van der Waals surface area (Å²) in [7, 11) is 0. The van der Waals surface area contributed by atoms with Gasteiger partial charge in [0.15, 0.2) is 11.6 Å². The Morgan fingerprint density at radius 2 is 1.97 bits per heavy atom. The highest BCUT2D eigenvalue weighted by molar-refractivity contribution is 7.99. The molecule has 29 heavy (non-hydrogen) atoms. The number of fused-ring (bicyclic) bond motifs is 2. The second-order valence-corrected chi connectivity index (χ2v) is 8.48.